The van der Waals surface area contributed by atoms with E-state index in [4.69, 9.17) is 0 Å². The van der Waals surface area contributed by atoms with E-state index in [1.54, 1.807) is 18.7 Å². The van der Waals surface area contributed by atoms with Crippen LogP contribution in [0.15, 0.2) is 5.10 Å². The molecule has 3 N–H and O–H groups in total. The Kier molecular flexibility index (Phi) is 3.93. The summed E-state index contributed by atoms with van der Waals surface area (Å²) in [5.41, 5.74) is 3.65. The lowest BCUT2D eigenvalue weighted by Gasteiger charge is -2.40. The third-order valence-corrected chi connectivity index (χ3v) is 4.60. The molecule has 2 heterocycles. The molecule has 0 unspecified atom stereocenters. The Morgan fingerprint density at radius 2 is 1.94 bits per heavy atom. The largest absolute Gasteiger partial charge is 0.317 e. The summed E-state index contributed by atoms with van der Waals surface area (Å²) in [6, 6.07) is 0. The number of nitrogens with one attached hydrogen (secondary N) is 3. The number of likely N-dealkylation sites (tertiary alicyclic amines) is 1. The molecule has 1 amide bonds. The molecule has 2 aliphatic rings. The summed E-state index contributed by atoms with van der Waals surface area (Å²) >= 11 is 1.63. The van der Waals surface area contributed by atoms with E-state index in [1.807, 2.05) is 6.26 Å². The van der Waals surface area contributed by atoms with Crippen molar-refractivity contribution in [3.05, 3.63) is 0 Å². The Labute approximate surface area is 106 Å². The number of quaternary nitrogens is 1. The number of hydrazone groups is 1. The van der Waals surface area contributed by atoms with Gasteiger partial charge in [0.15, 0.2) is 0 Å². The van der Waals surface area contributed by atoms with Crippen molar-refractivity contribution < 1.29 is 9.69 Å². The predicted octanol–water partition coefficient (Wildman–Crippen LogP) is -0.485. The van der Waals surface area contributed by atoms with Crippen LogP contribution in [0.5, 0.6) is 0 Å². The number of nitrogens with zero attached hydrogens (tertiary/aromatic N) is 1. The normalized spacial score (nSPS) is 31.2. The Hall–Kier alpha value is -0.750. The Morgan fingerprint density at radius 1 is 1.29 bits per heavy atom. The smallest absolute Gasteiger partial charge is 0.284 e. The molecule has 0 spiro atoms. The van der Waals surface area contributed by atoms with Crippen LogP contribution in [0.25, 0.3) is 0 Å². The lowest BCUT2D eigenvalue weighted by Crippen LogP contribution is -3.24. The molecule has 5 nitrogen and oxygen atoms in total. The van der Waals surface area contributed by atoms with Crippen molar-refractivity contribution >= 4 is 23.4 Å². The molecule has 2 rings (SSSR count). The summed E-state index contributed by atoms with van der Waals surface area (Å²) < 4.78 is 0. The first kappa shape index (κ1) is 12.7. The fourth-order valence-corrected chi connectivity index (χ4v) is 3.23. The zero-order valence-electron chi connectivity index (χ0n) is 10.5. The number of thioether (sulfide) groups is 1. The van der Waals surface area contributed by atoms with Gasteiger partial charge >= 0.3 is 5.12 Å². The van der Waals surface area contributed by atoms with Gasteiger partial charge in [0.2, 0.25) is 0 Å². The Balaban J connectivity index is 2.16. The number of carbonyl (C=O) groups excluding carboxylic acids is 1. The SMILES string of the molecule is CS[C@]1([NH+]2CCCCCC2)NN=C(C)C(=O)N1. The summed E-state index contributed by atoms with van der Waals surface area (Å²) in [6.07, 6.45) is 7.05. The number of amides is 1. The van der Waals surface area contributed by atoms with Gasteiger partial charge in [-0.1, -0.05) is 0 Å². The number of hydrogen-bond acceptors (Lipinski definition) is 4. The molecule has 0 aliphatic carbocycles. The zero-order valence-corrected chi connectivity index (χ0v) is 11.3. The van der Waals surface area contributed by atoms with E-state index in [2.05, 4.69) is 15.8 Å². The highest BCUT2D eigenvalue weighted by molar-refractivity contribution is 7.99. The Morgan fingerprint density at radius 3 is 2.47 bits per heavy atom. The van der Waals surface area contributed by atoms with Crippen LogP contribution in [0.2, 0.25) is 0 Å². The van der Waals surface area contributed by atoms with E-state index >= 15 is 0 Å². The number of carbonyl (C=O) groups is 1. The van der Waals surface area contributed by atoms with Crippen LogP contribution in [-0.4, -0.2) is 36.1 Å². The molecule has 0 radical (unpaired) electrons. The van der Waals surface area contributed by atoms with Gasteiger partial charge in [0.05, 0.1) is 13.1 Å². The molecule has 1 fully saturated rings. The molecule has 6 heteroatoms. The predicted molar refractivity (Wildman–Crippen MR) is 69.8 cm³/mol. The molecule has 0 saturated carbocycles. The first-order chi connectivity index (χ1) is 8.18. The molecule has 2 aliphatic heterocycles. The third kappa shape index (κ3) is 2.57. The van der Waals surface area contributed by atoms with Crippen molar-refractivity contribution in [3.63, 3.8) is 0 Å². The second-order valence-electron chi connectivity index (χ2n) is 4.67. The van der Waals surface area contributed by atoms with E-state index in [0.717, 1.165) is 13.1 Å². The molecule has 0 aromatic carbocycles. The van der Waals surface area contributed by atoms with Crippen molar-refractivity contribution in [2.45, 2.75) is 37.7 Å². The maximum absolute atomic E-state index is 11.8. The molecule has 96 valence electrons. The van der Waals surface area contributed by atoms with Crippen LogP contribution in [0.4, 0.5) is 0 Å². The molecule has 1 saturated heterocycles. The van der Waals surface area contributed by atoms with Crippen LogP contribution < -0.4 is 15.6 Å². The zero-order chi connectivity index (χ0) is 12.3. The molecule has 0 aromatic rings. The quantitative estimate of drug-likeness (QED) is 0.626. The fraction of sp³-hybridized carbons (Fsp3) is 0.818. The van der Waals surface area contributed by atoms with Crippen LogP contribution in [0.3, 0.4) is 0 Å². The van der Waals surface area contributed by atoms with E-state index in [9.17, 15) is 4.79 Å². The first-order valence-electron chi connectivity index (χ1n) is 6.22. The standard InChI is InChI=1S/C11H20N4OS/c1-9-10(16)12-11(17-2,14-13-9)15-7-5-3-4-6-8-15/h14H,3-8H2,1-2H3,(H,12,16)/p+1/t11-/m0/s1. The monoisotopic (exact) mass is 257 g/mol. The minimum Gasteiger partial charge on any atom is -0.284 e. The van der Waals surface area contributed by atoms with Gasteiger partial charge in [-0.3, -0.25) is 15.0 Å². The van der Waals surface area contributed by atoms with E-state index in [1.165, 1.54) is 30.6 Å². The Bertz CT molecular complexity index is 325. The van der Waals surface area contributed by atoms with Gasteiger partial charge in [0.1, 0.15) is 5.71 Å². The summed E-state index contributed by atoms with van der Waals surface area (Å²) in [5.74, 6) is -0.0603. The minimum absolute atomic E-state index is 0.0603. The van der Waals surface area contributed by atoms with Crippen molar-refractivity contribution in [1.82, 2.24) is 10.7 Å². The van der Waals surface area contributed by atoms with Crippen molar-refractivity contribution in [1.29, 1.82) is 0 Å². The lowest BCUT2D eigenvalue weighted by atomic mass is 10.2. The highest BCUT2D eigenvalue weighted by atomic mass is 32.2. The van der Waals surface area contributed by atoms with Gasteiger partial charge in [0.25, 0.3) is 5.91 Å². The summed E-state index contributed by atoms with van der Waals surface area (Å²) in [7, 11) is 0. The average Bonchev–Trinajstić information content (AvgIpc) is 2.62. The summed E-state index contributed by atoms with van der Waals surface area (Å²) in [4.78, 5) is 13.2. The fourth-order valence-electron chi connectivity index (χ4n) is 2.41. The highest BCUT2D eigenvalue weighted by Crippen LogP contribution is 2.13. The van der Waals surface area contributed by atoms with Crippen molar-refractivity contribution in [2.75, 3.05) is 19.3 Å². The molecular formula is C11H21N4OS+. The van der Waals surface area contributed by atoms with E-state index in [-0.39, 0.29) is 5.91 Å². The lowest BCUT2D eigenvalue weighted by molar-refractivity contribution is -0.941. The maximum atomic E-state index is 11.8. The molecule has 1 atom stereocenters. The van der Waals surface area contributed by atoms with Gasteiger partial charge < -0.3 is 0 Å². The maximum Gasteiger partial charge on any atom is 0.317 e. The van der Waals surface area contributed by atoms with Crippen LogP contribution in [0.1, 0.15) is 32.6 Å². The molecule has 17 heavy (non-hydrogen) atoms. The van der Waals surface area contributed by atoms with E-state index in [0.29, 0.717) is 5.71 Å². The van der Waals surface area contributed by atoms with Gasteiger partial charge in [-0.05, 0) is 50.6 Å². The van der Waals surface area contributed by atoms with Gasteiger partial charge in [-0.2, -0.15) is 5.10 Å². The summed E-state index contributed by atoms with van der Waals surface area (Å²) in [6.45, 7) is 3.90. The third-order valence-electron chi connectivity index (χ3n) is 3.51. The number of hydrogen-bond donors (Lipinski definition) is 3. The molecular weight excluding hydrogens is 236 g/mol. The molecule has 0 bridgehead atoms. The second kappa shape index (κ2) is 5.27. The van der Waals surface area contributed by atoms with Crippen molar-refractivity contribution in [2.24, 2.45) is 5.10 Å². The van der Waals surface area contributed by atoms with Gasteiger partial charge in [-0.25, -0.2) is 5.43 Å². The first-order valence-corrected chi connectivity index (χ1v) is 7.45. The van der Waals surface area contributed by atoms with Gasteiger partial charge in [0, 0.05) is 0 Å². The van der Waals surface area contributed by atoms with Crippen molar-refractivity contribution in [3.8, 4) is 0 Å². The van der Waals surface area contributed by atoms with Crippen LogP contribution in [-0.2, 0) is 4.79 Å². The van der Waals surface area contributed by atoms with Crippen LogP contribution in [0, 0.1) is 0 Å². The second-order valence-corrected chi connectivity index (χ2v) is 5.69. The number of rotatable bonds is 2. The average molecular weight is 257 g/mol. The summed E-state index contributed by atoms with van der Waals surface area (Å²) in [5, 5.41) is 6.75. The van der Waals surface area contributed by atoms with Gasteiger partial charge in [-0.15, -0.1) is 0 Å². The topological polar surface area (TPSA) is 57.9 Å². The van der Waals surface area contributed by atoms with E-state index < -0.39 is 5.12 Å². The highest BCUT2D eigenvalue weighted by Gasteiger charge is 2.44. The molecule has 0 aromatic heterocycles. The minimum atomic E-state index is -0.471. The van der Waals surface area contributed by atoms with Crippen LogP contribution >= 0.6 is 11.8 Å².